The van der Waals surface area contributed by atoms with Crippen LogP contribution in [-0.2, 0) is 21.6 Å². The second kappa shape index (κ2) is 10.9. The number of anilines is 1. The van der Waals surface area contributed by atoms with Crippen molar-refractivity contribution in [1.29, 1.82) is 0 Å². The minimum absolute atomic E-state index is 0.132. The Kier molecular flexibility index (Phi) is 6.79. The largest absolute Gasteiger partial charge is 0.488 e. The van der Waals surface area contributed by atoms with E-state index in [4.69, 9.17) is 16.3 Å². The Hall–Kier alpha value is -4.42. The van der Waals surface area contributed by atoms with Gasteiger partial charge in [0.25, 0.3) is 11.8 Å². The van der Waals surface area contributed by atoms with Crippen molar-refractivity contribution in [2.24, 2.45) is 17.8 Å². The van der Waals surface area contributed by atoms with Gasteiger partial charge in [-0.15, -0.1) is 0 Å². The Morgan fingerprint density at radius 1 is 0.822 bits per heavy atom. The van der Waals surface area contributed by atoms with Gasteiger partial charge in [-0.2, -0.15) is 0 Å². The van der Waals surface area contributed by atoms with Crippen LogP contribution in [0.25, 0.3) is 16.8 Å². The van der Waals surface area contributed by atoms with Crippen LogP contribution in [0, 0.1) is 17.8 Å². The van der Waals surface area contributed by atoms with Crippen molar-refractivity contribution >= 4 is 52.0 Å². The molecule has 1 saturated heterocycles. The predicted molar refractivity (Wildman–Crippen MR) is 175 cm³/mol. The molecule has 0 atom stereocenters. The number of nitrogens with zero attached hydrogens (tertiary/aromatic N) is 1. The zero-order valence-corrected chi connectivity index (χ0v) is 25.6. The molecule has 7 heteroatoms. The van der Waals surface area contributed by atoms with E-state index in [0.717, 1.165) is 39.0 Å². The zero-order valence-electron chi connectivity index (χ0n) is 24.8. The summed E-state index contributed by atoms with van der Waals surface area (Å²) in [5, 5.41) is 4.78. The number of nitrogens with one attached hydrogen (secondary N) is 1. The van der Waals surface area contributed by atoms with E-state index in [1.807, 2.05) is 60.7 Å². The minimum atomic E-state index is -0.748. The summed E-state index contributed by atoms with van der Waals surface area (Å²) < 4.78 is 6.22. The van der Waals surface area contributed by atoms with Crippen LogP contribution < -0.4 is 15.0 Å². The van der Waals surface area contributed by atoms with E-state index < -0.39 is 17.8 Å². The molecule has 5 fully saturated rings. The number of imide groups is 2. The molecule has 1 N–H and O–H groups in total. The lowest BCUT2D eigenvalue weighted by atomic mass is 9.48. The maximum atomic E-state index is 13.9. The standard InChI is InChI=1S/C38H33ClN2O4/c39-29-10-5-23(6-11-29)22-45-34-14-7-27-3-1-2-4-31(27)32(34)18-33-35(42)40-37(44)41(36(33)43)30-12-8-28(9-13-30)38-19-24-15-25(20-38)17-26(16-24)21-38/h1-14,18,24-26H,15-17,19-22H2,(H,40,42,44)/b33-18+. The molecule has 0 unspecified atom stereocenters. The second-order valence-corrected chi connectivity index (χ2v) is 13.8. The number of rotatable bonds is 6. The molecular formula is C38H33ClN2O4. The number of fused-ring (bicyclic) bond motifs is 1. The van der Waals surface area contributed by atoms with Crippen LogP contribution >= 0.6 is 11.6 Å². The summed E-state index contributed by atoms with van der Waals surface area (Å²) in [6, 6.07) is 26.0. The number of benzene rings is 4. The van der Waals surface area contributed by atoms with Gasteiger partial charge >= 0.3 is 6.03 Å². The number of halogens is 1. The van der Waals surface area contributed by atoms with Crippen LogP contribution in [0.2, 0.25) is 5.02 Å². The molecule has 1 heterocycles. The quantitative estimate of drug-likeness (QED) is 0.175. The van der Waals surface area contributed by atoms with Gasteiger partial charge in [0.2, 0.25) is 0 Å². The van der Waals surface area contributed by atoms with Crippen molar-refractivity contribution < 1.29 is 19.1 Å². The first kappa shape index (κ1) is 28.1. The third-order valence-electron chi connectivity index (χ3n) is 10.4. The summed E-state index contributed by atoms with van der Waals surface area (Å²) in [5.74, 6) is 1.57. The van der Waals surface area contributed by atoms with Gasteiger partial charge in [-0.3, -0.25) is 14.9 Å². The highest BCUT2D eigenvalue weighted by molar-refractivity contribution is 6.39. The van der Waals surface area contributed by atoms with Crippen LogP contribution in [0.4, 0.5) is 10.5 Å². The fourth-order valence-electron chi connectivity index (χ4n) is 8.76. The maximum Gasteiger partial charge on any atom is 0.335 e. The van der Waals surface area contributed by atoms with E-state index >= 15 is 0 Å². The van der Waals surface area contributed by atoms with E-state index in [-0.39, 0.29) is 17.6 Å². The summed E-state index contributed by atoms with van der Waals surface area (Å²) in [6.45, 7) is 0.270. The zero-order chi connectivity index (χ0) is 30.7. The topological polar surface area (TPSA) is 75.7 Å². The lowest BCUT2D eigenvalue weighted by molar-refractivity contribution is -0.122. The first-order valence-corrected chi connectivity index (χ1v) is 16.1. The average Bonchev–Trinajstić information content (AvgIpc) is 3.02. The monoisotopic (exact) mass is 616 g/mol. The molecule has 4 amide bonds. The lowest BCUT2D eigenvalue weighted by Crippen LogP contribution is -2.54. The molecule has 4 saturated carbocycles. The van der Waals surface area contributed by atoms with Gasteiger partial charge in [-0.25, -0.2) is 9.69 Å². The number of carbonyl (C=O) groups excluding carboxylic acids is 3. The SMILES string of the molecule is O=C1NC(=O)N(c2ccc(C34CC5CC(CC(C5)C3)C4)cc2)C(=O)/C1=C/c1c(OCc2ccc(Cl)cc2)ccc2ccccc12. The molecule has 5 aliphatic rings. The van der Waals surface area contributed by atoms with E-state index in [2.05, 4.69) is 17.4 Å². The fraction of sp³-hybridized carbons (Fsp3) is 0.289. The Balaban J connectivity index is 1.12. The van der Waals surface area contributed by atoms with Crippen molar-refractivity contribution in [3.05, 3.63) is 112 Å². The van der Waals surface area contributed by atoms with Crippen LogP contribution in [0.5, 0.6) is 5.75 Å². The molecule has 45 heavy (non-hydrogen) atoms. The molecule has 4 aromatic rings. The van der Waals surface area contributed by atoms with Crippen molar-refractivity contribution in [3.8, 4) is 5.75 Å². The number of carbonyl (C=O) groups is 3. The summed E-state index contributed by atoms with van der Waals surface area (Å²) in [5.41, 5.74) is 3.34. The van der Waals surface area contributed by atoms with Gasteiger partial charge in [-0.1, -0.05) is 66.2 Å². The van der Waals surface area contributed by atoms with Crippen LogP contribution in [0.1, 0.15) is 55.2 Å². The highest BCUT2D eigenvalue weighted by atomic mass is 35.5. The molecule has 0 aromatic heterocycles. The number of barbiturate groups is 1. The Morgan fingerprint density at radius 3 is 2.18 bits per heavy atom. The normalized spacial score (nSPS) is 26.5. The number of ether oxygens (including phenoxy) is 1. The number of hydrogen-bond donors (Lipinski definition) is 1. The number of amides is 4. The Labute approximate surface area is 267 Å². The van der Waals surface area contributed by atoms with Crippen molar-refractivity contribution in [2.45, 2.75) is 50.5 Å². The van der Waals surface area contributed by atoms with Gasteiger partial charge in [0.15, 0.2) is 0 Å². The smallest absolute Gasteiger partial charge is 0.335 e. The van der Waals surface area contributed by atoms with Crippen LogP contribution in [-0.4, -0.2) is 17.8 Å². The number of urea groups is 1. The Morgan fingerprint density at radius 2 is 1.49 bits per heavy atom. The highest BCUT2D eigenvalue weighted by Crippen LogP contribution is 2.60. The fourth-order valence-corrected chi connectivity index (χ4v) is 8.88. The maximum absolute atomic E-state index is 13.9. The van der Waals surface area contributed by atoms with Gasteiger partial charge < -0.3 is 4.74 Å². The van der Waals surface area contributed by atoms with E-state index in [1.54, 1.807) is 18.2 Å². The molecule has 226 valence electrons. The predicted octanol–water partition coefficient (Wildman–Crippen LogP) is 8.21. The molecular weight excluding hydrogens is 584 g/mol. The summed E-state index contributed by atoms with van der Waals surface area (Å²) in [6.07, 6.45) is 9.35. The van der Waals surface area contributed by atoms with Crippen LogP contribution in [0.15, 0.2) is 90.5 Å². The van der Waals surface area contributed by atoms with Crippen molar-refractivity contribution in [2.75, 3.05) is 4.90 Å². The summed E-state index contributed by atoms with van der Waals surface area (Å²) in [4.78, 5) is 41.3. The summed E-state index contributed by atoms with van der Waals surface area (Å²) >= 11 is 6.05. The van der Waals surface area contributed by atoms with E-state index in [0.29, 0.717) is 22.0 Å². The average molecular weight is 617 g/mol. The van der Waals surface area contributed by atoms with Gasteiger partial charge in [0.1, 0.15) is 17.9 Å². The Bertz CT molecular complexity index is 1840. The van der Waals surface area contributed by atoms with Gasteiger partial charge in [0, 0.05) is 10.6 Å². The molecule has 0 radical (unpaired) electrons. The van der Waals surface area contributed by atoms with Crippen molar-refractivity contribution in [1.82, 2.24) is 5.32 Å². The van der Waals surface area contributed by atoms with Gasteiger partial charge in [0.05, 0.1) is 5.69 Å². The van der Waals surface area contributed by atoms with Crippen LogP contribution in [0.3, 0.4) is 0 Å². The number of hydrogen-bond acceptors (Lipinski definition) is 4. The third kappa shape index (κ3) is 5.01. The van der Waals surface area contributed by atoms with E-state index in [9.17, 15) is 14.4 Å². The minimum Gasteiger partial charge on any atom is -0.488 e. The summed E-state index contributed by atoms with van der Waals surface area (Å²) in [7, 11) is 0. The molecule has 0 spiro atoms. The molecule has 4 aliphatic carbocycles. The molecule has 9 rings (SSSR count). The van der Waals surface area contributed by atoms with Gasteiger partial charge in [-0.05, 0) is 120 Å². The van der Waals surface area contributed by atoms with E-state index in [1.165, 1.54) is 44.1 Å². The lowest BCUT2D eigenvalue weighted by Gasteiger charge is -2.57. The first-order chi connectivity index (χ1) is 21.8. The highest BCUT2D eigenvalue weighted by Gasteiger charge is 2.51. The molecule has 4 aromatic carbocycles. The molecule has 6 nitrogen and oxygen atoms in total. The van der Waals surface area contributed by atoms with Crippen molar-refractivity contribution in [3.63, 3.8) is 0 Å². The third-order valence-corrected chi connectivity index (χ3v) is 10.7. The second-order valence-electron chi connectivity index (χ2n) is 13.3. The molecule has 4 bridgehead atoms. The molecule has 1 aliphatic heterocycles. The first-order valence-electron chi connectivity index (χ1n) is 15.8.